The Balaban J connectivity index is 1.71. The number of aryl methyl sites for hydroxylation is 1. The lowest BCUT2D eigenvalue weighted by atomic mass is 9.55. The quantitative estimate of drug-likeness (QED) is 0.687. The highest BCUT2D eigenvalue weighted by molar-refractivity contribution is 5.40. The zero-order valence-corrected chi connectivity index (χ0v) is 12.6. The van der Waals surface area contributed by atoms with Crippen LogP contribution in [0.4, 0.5) is 0 Å². The van der Waals surface area contributed by atoms with Crippen LogP contribution in [-0.2, 0) is 6.42 Å². The summed E-state index contributed by atoms with van der Waals surface area (Å²) < 4.78 is 0. The van der Waals surface area contributed by atoms with Crippen molar-refractivity contribution in [1.82, 2.24) is 0 Å². The summed E-state index contributed by atoms with van der Waals surface area (Å²) in [6.07, 6.45) is 5.04. The van der Waals surface area contributed by atoms with Crippen molar-refractivity contribution in [2.75, 3.05) is 0 Å². The van der Waals surface area contributed by atoms with E-state index in [1.165, 1.54) is 17.5 Å². The van der Waals surface area contributed by atoms with Gasteiger partial charge in [-0.25, -0.2) is 0 Å². The Bertz CT molecular complexity index is 572. The molecule has 3 nitrogen and oxygen atoms in total. The summed E-state index contributed by atoms with van der Waals surface area (Å²) in [7, 11) is 0. The first-order valence-corrected chi connectivity index (χ1v) is 8.26. The van der Waals surface area contributed by atoms with Crippen molar-refractivity contribution in [3.63, 3.8) is 0 Å². The molecule has 21 heavy (non-hydrogen) atoms. The van der Waals surface area contributed by atoms with Crippen molar-refractivity contribution in [2.24, 2.45) is 23.0 Å². The second-order valence-electron chi connectivity index (χ2n) is 7.69. The fourth-order valence-electron chi connectivity index (χ4n) is 5.64. The highest BCUT2D eigenvalue weighted by atomic mass is 16.3. The number of rotatable bonds is 0. The molecule has 114 valence electrons. The first-order chi connectivity index (χ1) is 10.0. The largest absolute Gasteiger partial charge is 0.508 e. The van der Waals surface area contributed by atoms with E-state index >= 15 is 0 Å². The Morgan fingerprint density at radius 2 is 2.10 bits per heavy atom. The van der Waals surface area contributed by atoms with E-state index in [4.69, 9.17) is 5.73 Å². The Morgan fingerprint density at radius 3 is 2.90 bits per heavy atom. The maximum atomic E-state index is 10.5. The molecular weight excluding hydrogens is 262 g/mol. The SMILES string of the molecule is C[C@]12CCC3c4ccc(O)cc4CCC3C1CC(N)C2O. The van der Waals surface area contributed by atoms with Gasteiger partial charge >= 0.3 is 0 Å². The van der Waals surface area contributed by atoms with Gasteiger partial charge in [0.05, 0.1) is 6.10 Å². The molecule has 0 radical (unpaired) electrons. The fourth-order valence-corrected chi connectivity index (χ4v) is 5.64. The smallest absolute Gasteiger partial charge is 0.115 e. The van der Waals surface area contributed by atoms with Crippen molar-refractivity contribution >= 4 is 0 Å². The highest BCUT2D eigenvalue weighted by Crippen LogP contribution is 2.60. The third-order valence-corrected chi connectivity index (χ3v) is 6.76. The Kier molecular flexibility index (Phi) is 2.89. The van der Waals surface area contributed by atoms with Gasteiger partial charge in [-0.15, -0.1) is 0 Å². The normalized spacial score (nSPS) is 44.8. The predicted octanol–water partition coefficient (Wildman–Crippen LogP) is 2.55. The minimum Gasteiger partial charge on any atom is -0.508 e. The molecule has 0 bridgehead atoms. The zero-order valence-electron chi connectivity index (χ0n) is 12.6. The maximum Gasteiger partial charge on any atom is 0.115 e. The van der Waals surface area contributed by atoms with E-state index < -0.39 is 0 Å². The summed E-state index contributed by atoms with van der Waals surface area (Å²) in [6, 6.07) is 5.83. The monoisotopic (exact) mass is 287 g/mol. The standard InChI is InChI=1S/C18H25NO2/c1-18-7-6-13-12-5-3-11(20)8-10(12)2-4-14(13)15(18)9-16(19)17(18)21/h3,5,8,13-17,20-21H,2,4,6-7,9,19H2,1H3/t13?,14?,15?,16?,17?,18-/m0/s1. The van der Waals surface area contributed by atoms with Crippen molar-refractivity contribution in [3.05, 3.63) is 29.3 Å². The topological polar surface area (TPSA) is 66.5 Å². The van der Waals surface area contributed by atoms with Crippen LogP contribution in [0.15, 0.2) is 18.2 Å². The lowest BCUT2D eigenvalue weighted by molar-refractivity contribution is -0.0256. The van der Waals surface area contributed by atoms with E-state index in [1.54, 1.807) is 0 Å². The number of aromatic hydroxyl groups is 1. The Hall–Kier alpha value is -1.06. The summed E-state index contributed by atoms with van der Waals surface area (Å²) in [5, 5.41) is 20.2. The molecule has 4 rings (SSSR count). The van der Waals surface area contributed by atoms with E-state index in [9.17, 15) is 10.2 Å². The first-order valence-electron chi connectivity index (χ1n) is 8.26. The van der Waals surface area contributed by atoms with Gasteiger partial charge in [0.2, 0.25) is 0 Å². The van der Waals surface area contributed by atoms with Crippen molar-refractivity contribution in [3.8, 4) is 5.75 Å². The van der Waals surface area contributed by atoms with Gasteiger partial charge in [0.1, 0.15) is 5.75 Å². The van der Waals surface area contributed by atoms with Crippen LogP contribution in [0.5, 0.6) is 5.75 Å². The predicted molar refractivity (Wildman–Crippen MR) is 82.1 cm³/mol. The first kappa shape index (κ1) is 13.6. The summed E-state index contributed by atoms with van der Waals surface area (Å²) >= 11 is 0. The number of phenols is 1. The van der Waals surface area contributed by atoms with Crippen LogP contribution in [0.3, 0.4) is 0 Å². The van der Waals surface area contributed by atoms with Gasteiger partial charge in [0.15, 0.2) is 0 Å². The van der Waals surface area contributed by atoms with Gasteiger partial charge < -0.3 is 15.9 Å². The lowest BCUT2D eigenvalue weighted by Gasteiger charge is -2.50. The molecule has 5 unspecified atom stereocenters. The summed E-state index contributed by atoms with van der Waals surface area (Å²) in [4.78, 5) is 0. The second-order valence-corrected chi connectivity index (χ2v) is 7.69. The summed E-state index contributed by atoms with van der Waals surface area (Å²) in [6.45, 7) is 2.25. The van der Waals surface area contributed by atoms with Crippen molar-refractivity contribution in [2.45, 2.75) is 57.1 Å². The number of fused-ring (bicyclic) bond motifs is 5. The molecule has 1 aromatic rings. The molecule has 3 heteroatoms. The molecule has 3 aliphatic carbocycles. The van der Waals surface area contributed by atoms with Gasteiger partial charge in [0, 0.05) is 6.04 Å². The van der Waals surface area contributed by atoms with Crippen LogP contribution in [0.2, 0.25) is 0 Å². The maximum absolute atomic E-state index is 10.5. The van der Waals surface area contributed by atoms with Crippen LogP contribution in [0.25, 0.3) is 0 Å². The minimum atomic E-state index is -0.343. The van der Waals surface area contributed by atoms with Gasteiger partial charge in [-0.1, -0.05) is 13.0 Å². The van der Waals surface area contributed by atoms with Crippen LogP contribution in [-0.4, -0.2) is 22.4 Å². The van der Waals surface area contributed by atoms with Gasteiger partial charge in [0.25, 0.3) is 0 Å². The molecule has 0 aromatic heterocycles. The molecule has 0 saturated heterocycles. The molecule has 3 aliphatic rings. The Labute approximate surface area is 126 Å². The molecule has 6 atom stereocenters. The average Bonchev–Trinajstić information content (AvgIpc) is 2.70. The van der Waals surface area contributed by atoms with Gasteiger partial charge in [-0.3, -0.25) is 0 Å². The number of aliphatic hydroxyl groups is 1. The molecule has 0 spiro atoms. The van der Waals surface area contributed by atoms with E-state index in [1.807, 2.05) is 12.1 Å². The van der Waals surface area contributed by atoms with E-state index in [0.717, 1.165) is 25.7 Å². The third kappa shape index (κ3) is 1.80. The lowest BCUT2D eigenvalue weighted by Crippen LogP contribution is -2.45. The number of hydrogen-bond donors (Lipinski definition) is 3. The Morgan fingerprint density at radius 1 is 1.29 bits per heavy atom. The highest BCUT2D eigenvalue weighted by Gasteiger charge is 2.57. The van der Waals surface area contributed by atoms with Gasteiger partial charge in [-0.05, 0) is 78.5 Å². The van der Waals surface area contributed by atoms with Crippen LogP contribution in [0.1, 0.15) is 49.7 Å². The van der Waals surface area contributed by atoms with Gasteiger partial charge in [-0.2, -0.15) is 0 Å². The molecule has 2 fully saturated rings. The fraction of sp³-hybridized carbons (Fsp3) is 0.667. The van der Waals surface area contributed by atoms with Crippen LogP contribution >= 0.6 is 0 Å². The molecule has 0 amide bonds. The number of aliphatic hydroxyl groups excluding tert-OH is 1. The minimum absolute atomic E-state index is 0.00893. The molecule has 4 N–H and O–H groups in total. The van der Waals surface area contributed by atoms with Crippen LogP contribution < -0.4 is 5.73 Å². The molecule has 2 saturated carbocycles. The second kappa shape index (κ2) is 4.47. The van der Waals surface area contributed by atoms with Crippen molar-refractivity contribution in [1.29, 1.82) is 0 Å². The summed E-state index contributed by atoms with van der Waals surface area (Å²) in [5.41, 5.74) is 8.94. The molecule has 0 heterocycles. The third-order valence-electron chi connectivity index (χ3n) is 6.76. The van der Waals surface area contributed by atoms with Crippen LogP contribution in [0, 0.1) is 17.3 Å². The number of hydrogen-bond acceptors (Lipinski definition) is 3. The molecular formula is C18H25NO2. The van der Waals surface area contributed by atoms with E-state index in [-0.39, 0.29) is 17.6 Å². The number of benzene rings is 1. The number of nitrogens with two attached hydrogens (primary N) is 1. The summed E-state index contributed by atoms with van der Waals surface area (Å²) in [5.74, 6) is 2.16. The zero-order chi connectivity index (χ0) is 14.8. The van der Waals surface area contributed by atoms with E-state index in [2.05, 4.69) is 13.0 Å². The molecule has 0 aliphatic heterocycles. The average molecular weight is 287 g/mol. The van der Waals surface area contributed by atoms with Crippen molar-refractivity contribution < 1.29 is 10.2 Å². The van der Waals surface area contributed by atoms with E-state index in [0.29, 0.717) is 23.5 Å². The number of phenolic OH excluding ortho intramolecular Hbond substituents is 1. The molecule has 1 aromatic carbocycles.